The second kappa shape index (κ2) is 11.5. The number of likely N-dealkylation sites (N-methyl/N-ethyl adjacent to an activating group) is 1. The number of hydrogen-bond acceptors (Lipinski definition) is 4. The van der Waals surface area contributed by atoms with E-state index < -0.39 is 0 Å². The third kappa shape index (κ3) is 6.37. The highest BCUT2D eigenvalue weighted by molar-refractivity contribution is 5.79. The molecule has 0 amide bonds. The van der Waals surface area contributed by atoms with E-state index in [9.17, 15) is 0 Å². The van der Waals surface area contributed by atoms with Gasteiger partial charge in [0.25, 0.3) is 0 Å². The maximum absolute atomic E-state index is 5.40. The zero-order valence-electron chi connectivity index (χ0n) is 17.9. The Hall–Kier alpha value is -2.34. The fourth-order valence-electron chi connectivity index (χ4n) is 3.16. The van der Waals surface area contributed by atoms with E-state index in [1.165, 1.54) is 5.56 Å². The Morgan fingerprint density at radius 1 is 1.11 bits per heavy atom. The van der Waals surface area contributed by atoms with Crippen LogP contribution in [0.5, 0.6) is 0 Å². The van der Waals surface area contributed by atoms with E-state index >= 15 is 0 Å². The lowest BCUT2D eigenvalue weighted by Gasteiger charge is -2.30. The molecule has 0 aliphatic heterocycles. The summed E-state index contributed by atoms with van der Waals surface area (Å²) in [5.41, 5.74) is 2.28. The fourth-order valence-corrected chi connectivity index (χ4v) is 3.16. The summed E-state index contributed by atoms with van der Waals surface area (Å²) in [6.07, 6.45) is 0. The van der Waals surface area contributed by atoms with Crippen molar-refractivity contribution < 1.29 is 4.52 Å². The van der Waals surface area contributed by atoms with Crippen molar-refractivity contribution in [3.8, 4) is 0 Å². The van der Waals surface area contributed by atoms with Gasteiger partial charge in [0.1, 0.15) is 6.54 Å². The first kappa shape index (κ1) is 22.0. The van der Waals surface area contributed by atoms with Gasteiger partial charge in [-0.1, -0.05) is 63.2 Å². The van der Waals surface area contributed by atoms with E-state index in [0.717, 1.165) is 43.6 Å². The van der Waals surface area contributed by atoms with Crippen molar-refractivity contribution >= 4 is 5.96 Å². The van der Waals surface area contributed by atoms with E-state index in [0.29, 0.717) is 12.5 Å². The molecule has 0 saturated carbocycles. The molecule has 0 spiro atoms. The van der Waals surface area contributed by atoms with Crippen molar-refractivity contribution in [3.63, 3.8) is 0 Å². The first-order chi connectivity index (χ1) is 13.6. The Kier molecular flexibility index (Phi) is 9.01. The number of nitrogens with zero attached hydrogens (tertiary/aromatic N) is 3. The van der Waals surface area contributed by atoms with E-state index in [-0.39, 0.29) is 6.04 Å². The van der Waals surface area contributed by atoms with Crippen LogP contribution in [0.2, 0.25) is 0 Å². The van der Waals surface area contributed by atoms with Crippen molar-refractivity contribution in [3.05, 3.63) is 53.4 Å². The number of hydrogen-bond donors (Lipinski definition) is 2. The topological polar surface area (TPSA) is 65.7 Å². The van der Waals surface area contributed by atoms with Crippen LogP contribution < -0.4 is 10.6 Å². The molecule has 2 N–H and O–H groups in total. The Balaban J connectivity index is 2.07. The van der Waals surface area contributed by atoms with Crippen molar-refractivity contribution in [1.82, 2.24) is 20.7 Å². The summed E-state index contributed by atoms with van der Waals surface area (Å²) >= 11 is 0. The lowest BCUT2D eigenvalue weighted by atomic mass is 10.1. The minimum atomic E-state index is 0.290. The van der Waals surface area contributed by atoms with Crippen LogP contribution in [0.25, 0.3) is 0 Å². The lowest BCUT2D eigenvalue weighted by Crippen LogP contribution is -2.43. The first-order valence-corrected chi connectivity index (χ1v) is 10.4. The van der Waals surface area contributed by atoms with Gasteiger partial charge in [-0.2, -0.15) is 0 Å². The predicted octanol–water partition coefficient (Wildman–Crippen LogP) is 3.94. The normalized spacial score (nSPS) is 13.2. The molecule has 1 unspecified atom stereocenters. The van der Waals surface area contributed by atoms with E-state index in [2.05, 4.69) is 90.6 Å². The molecule has 1 aromatic carbocycles. The SMILES string of the molecule is CCNC(=NCc1cc(C(C)C)no1)NCC(c1ccccc1)N(CC)CC. The molecule has 28 heavy (non-hydrogen) atoms. The van der Waals surface area contributed by atoms with Gasteiger partial charge in [-0.05, 0) is 31.5 Å². The number of aliphatic imine (C=N–C) groups is 1. The first-order valence-electron chi connectivity index (χ1n) is 10.4. The van der Waals surface area contributed by atoms with E-state index in [1.807, 2.05) is 6.07 Å². The van der Waals surface area contributed by atoms with Crippen LogP contribution in [0.3, 0.4) is 0 Å². The molecule has 0 radical (unpaired) electrons. The van der Waals surface area contributed by atoms with Crippen molar-refractivity contribution in [2.24, 2.45) is 4.99 Å². The average Bonchev–Trinajstić information content (AvgIpc) is 3.19. The minimum absolute atomic E-state index is 0.290. The third-order valence-electron chi connectivity index (χ3n) is 4.81. The lowest BCUT2D eigenvalue weighted by molar-refractivity contribution is 0.219. The van der Waals surface area contributed by atoms with Gasteiger partial charge in [-0.15, -0.1) is 0 Å². The van der Waals surface area contributed by atoms with Crippen molar-refractivity contribution in [1.29, 1.82) is 0 Å². The summed E-state index contributed by atoms with van der Waals surface area (Å²) in [6.45, 7) is 14.7. The molecule has 0 aliphatic rings. The van der Waals surface area contributed by atoms with Gasteiger partial charge >= 0.3 is 0 Å². The molecule has 6 nitrogen and oxygen atoms in total. The van der Waals surface area contributed by atoms with E-state index in [4.69, 9.17) is 4.52 Å². The van der Waals surface area contributed by atoms with Crippen LogP contribution in [-0.2, 0) is 6.54 Å². The van der Waals surface area contributed by atoms with Gasteiger partial charge in [0, 0.05) is 19.2 Å². The Morgan fingerprint density at radius 2 is 1.82 bits per heavy atom. The minimum Gasteiger partial charge on any atom is -0.359 e. The molecule has 1 aromatic heterocycles. The number of rotatable bonds is 10. The zero-order valence-corrected chi connectivity index (χ0v) is 17.9. The molecule has 6 heteroatoms. The molecule has 1 heterocycles. The predicted molar refractivity (Wildman–Crippen MR) is 116 cm³/mol. The molecule has 0 saturated heterocycles. The summed E-state index contributed by atoms with van der Waals surface area (Å²) in [5.74, 6) is 1.93. The number of aromatic nitrogens is 1. The number of guanidine groups is 1. The molecular weight excluding hydrogens is 350 g/mol. The van der Waals surface area contributed by atoms with Crippen LogP contribution in [0, 0.1) is 0 Å². The molecule has 2 rings (SSSR count). The summed E-state index contributed by atoms with van der Waals surface area (Å²) in [4.78, 5) is 7.13. The van der Waals surface area contributed by atoms with Crippen LogP contribution >= 0.6 is 0 Å². The molecule has 0 bridgehead atoms. The van der Waals surface area contributed by atoms with Gasteiger partial charge in [-0.3, -0.25) is 4.90 Å². The monoisotopic (exact) mass is 385 g/mol. The maximum Gasteiger partial charge on any atom is 0.191 e. The number of benzene rings is 1. The summed E-state index contributed by atoms with van der Waals surface area (Å²) in [6, 6.07) is 12.9. The maximum atomic E-state index is 5.40. The second-order valence-electron chi connectivity index (χ2n) is 7.10. The quantitative estimate of drug-likeness (QED) is 0.479. The highest BCUT2D eigenvalue weighted by Crippen LogP contribution is 2.19. The standard InChI is InChI=1S/C22H35N5O/c1-6-23-22(24-15-19-14-20(17(4)5)26-28-19)25-16-21(27(7-2)8-3)18-12-10-9-11-13-18/h9-14,17,21H,6-8,15-16H2,1-5H3,(H2,23,24,25). The number of nitrogens with one attached hydrogen (secondary N) is 2. The summed E-state index contributed by atoms with van der Waals surface area (Å²) in [5, 5.41) is 10.9. The molecule has 0 fully saturated rings. The van der Waals surface area contributed by atoms with Crippen molar-refractivity contribution in [2.75, 3.05) is 26.2 Å². The smallest absolute Gasteiger partial charge is 0.191 e. The average molecular weight is 386 g/mol. The van der Waals surface area contributed by atoms with Gasteiger partial charge in [0.2, 0.25) is 0 Å². The molecule has 1 atom stereocenters. The van der Waals surface area contributed by atoms with Crippen LogP contribution in [0.15, 0.2) is 45.9 Å². The largest absolute Gasteiger partial charge is 0.359 e. The van der Waals surface area contributed by atoms with E-state index in [1.54, 1.807) is 0 Å². The molecule has 2 aromatic rings. The Labute approximate surface area is 169 Å². The van der Waals surface area contributed by atoms with Crippen LogP contribution in [-0.4, -0.2) is 42.2 Å². The van der Waals surface area contributed by atoms with Crippen LogP contribution in [0.1, 0.15) is 63.6 Å². The fraction of sp³-hybridized carbons (Fsp3) is 0.545. The van der Waals surface area contributed by atoms with Gasteiger partial charge in [0.05, 0.1) is 11.7 Å². The van der Waals surface area contributed by atoms with Crippen LogP contribution in [0.4, 0.5) is 0 Å². The molecular formula is C22H35N5O. The second-order valence-corrected chi connectivity index (χ2v) is 7.10. The summed E-state index contributed by atoms with van der Waals surface area (Å²) < 4.78 is 5.40. The highest BCUT2D eigenvalue weighted by Gasteiger charge is 2.18. The van der Waals surface area contributed by atoms with Gasteiger partial charge in [0.15, 0.2) is 11.7 Å². The van der Waals surface area contributed by atoms with Crippen molar-refractivity contribution in [2.45, 2.75) is 53.1 Å². The molecule has 0 aliphatic carbocycles. The Morgan fingerprint density at radius 3 is 2.39 bits per heavy atom. The van der Waals surface area contributed by atoms with Gasteiger partial charge < -0.3 is 15.2 Å². The molecule has 154 valence electrons. The third-order valence-corrected chi connectivity index (χ3v) is 4.81. The highest BCUT2D eigenvalue weighted by atomic mass is 16.5. The Bertz CT molecular complexity index is 707. The zero-order chi connectivity index (χ0) is 20.4. The summed E-state index contributed by atoms with van der Waals surface area (Å²) in [7, 11) is 0. The van der Waals surface area contributed by atoms with Gasteiger partial charge in [-0.25, -0.2) is 4.99 Å².